The van der Waals surface area contributed by atoms with Crippen LogP contribution in [0.2, 0.25) is 0 Å². The molecule has 5 nitrogen and oxygen atoms in total. The second-order valence-electron chi connectivity index (χ2n) is 8.12. The number of nitrogens with zero attached hydrogens (tertiary/aromatic N) is 2. The fourth-order valence-electron chi connectivity index (χ4n) is 4.06. The minimum absolute atomic E-state index is 0.151. The summed E-state index contributed by atoms with van der Waals surface area (Å²) in [6.07, 6.45) is -0.396. The Labute approximate surface area is 166 Å². The highest BCUT2D eigenvalue weighted by Crippen LogP contribution is 2.42. The van der Waals surface area contributed by atoms with Crippen molar-refractivity contribution in [3.8, 4) is 0 Å². The van der Waals surface area contributed by atoms with Gasteiger partial charge < -0.3 is 14.9 Å². The third-order valence-electron chi connectivity index (χ3n) is 5.75. The summed E-state index contributed by atoms with van der Waals surface area (Å²) in [5.41, 5.74) is 0.737. The molecule has 1 N–H and O–H groups in total. The number of carboxylic acids is 1. The zero-order valence-corrected chi connectivity index (χ0v) is 15.9. The Bertz CT molecular complexity index is 766. The average Bonchev–Trinajstić information content (AvgIpc) is 3.28. The summed E-state index contributed by atoms with van der Waals surface area (Å²) in [5.74, 6) is -1.81. The first-order valence-electron chi connectivity index (χ1n) is 9.65. The highest BCUT2D eigenvalue weighted by Gasteiger charge is 2.50. The second-order valence-corrected chi connectivity index (χ2v) is 8.12. The number of benzene rings is 1. The number of halogens is 4. The van der Waals surface area contributed by atoms with Crippen LogP contribution in [-0.2, 0) is 16.1 Å². The first-order valence-corrected chi connectivity index (χ1v) is 9.65. The molecule has 1 aromatic carbocycles. The van der Waals surface area contributed by atoms with Crippen molar-refractivity contribution in [2.75, 3.05) is 26.2 Å². The Morgan fingerprint density at radius 2 is 1.86 bits per heavy atom. The van der Waals surface area contributed by atoms with Gasteiger partial charge >= 0.3 is 12.1 Å². The van der Waals surface area contributed by atoms with Crippen LogP contribution in [0.25, 0.3) is 0 Å². The van der Waals surface area contributed by atoms with Crippen LogP contribution in [0.5, 0.6) is 0 Å². The van der Waals surface area contributed by atoms with Gasteiger partial charge in [-0.05, 0) is 55.8 Å². The van der Waals surface area contributed by atoms with Crippen LogP contribution in [0, 0.1) is 17.2 Å². The molecule has 2 aliphatic heterocycles. The molecule has 3 aliphatic rings. The number of amides is 1. The minimum atomic E-state index is -5.08. The van der Waals surface area contributed by atoms with Gasteiger partial charge in [-0.3, -0.25) is 4.79 Å². The lowest BCUT2D eigenvalue weighted by Crippen LogP contribution is -2.37. The summed E-state index contributed by atoms with van der Waals surface area (Å²) in [7, 11) is 0. The molecular formula is C20H24F4N2O3. The quantitative estimate of drug-likeness (QED) is 0.766. The first-order chi connectivity index (χ1) is 13.6. The Balaban J connectivity index is 0.000000298. The monoisotopic (exact) mass is 416 g/mol. The Kier molecular flexibility index (Phi) is 6.16. The normalized spacial score (nSPS) is 24.7. The molecule has 4 rings (SSSR count). The van der Waals surface area contributed by atoms with E-state index in [1.54, 1.807) is 6.07 Å². The van der Waals surface area contributed by atoms with E-state index in [4.69, 9.17) is 9.90 Å². The zero-order valence-electron chi connectivity index (χ0n) is 15.9. The molecule has 2 heterocycles. The Hall–Kier alpha value is -2.16. The molecule has 1 aromatic rings. The van der Waals surface area contributed by atoms with Crippen molar-refractivity contribution >= 4 is 11.9 Å². The van der Waals surface area contributed by atoms with Crippen molar-refractivity contribution < 1.29 is 32.3 Å². The summed E-state index contributed by atoms with van der Waals surface area (Å²) in [6.45, 7) is 4.53. The molecule has 1 atom stereocenters. The molecule has 1 spiro atoms. The van der Waals surface area contributed by atoms with Gasteiger partial charge in [-0.15, -0.1) is 0 Å². The predicted molar refractivity (Wildman–Crippen MR) is 96.3 cm³/mol. The maximum Gasteiger partial charge on any atom is 0.490 e. The molecule has 29 heavy (non-hydrogen) atoms. The van der Waals surface area contributed by atoms with Crippen LogP contribution in [0.1, 0.15) is 31.2 Å². The maximum atomic E-state index is 13.3. The minimum Gasteiger partial charge on any atom is -0.475 e. The Morgan fingerprint density at radius 1 is 1.21 bits per heavy atom. The molecule has 3 fully saturated rings. The topological polar surface area (TPSA) is 60.9 Å². The second kappa shape index (κ2) is 8.30. The van der Waals surface area contributed by atoms with Crippen molar-refractivity contribution in [1.29, 1.82) is 0 Å². The predicted octanol–water partition coefficient (Wildman–Crippen LogP) is 3.29. The van der Waals surface area contributed by atoms with Gasteiger partial charge in [0, 0.05) is 26.2 Å². The van der Waals surface area contributed by atoms with E-state index in [2.05, 4.69) is 4.90 Å². The molecule has 1 unspecified atom stereocenters. The first kappa shape index (κ1) is 21.5. The van der Waals surface area contributed by atoms with Gasteiger partial charge in [0.15, 0.2) is 0 Å². The van der Waals surface area contributed by atoms with E-state index in [0.717, 1.165) is 44.0 Å². The van der Waals surface area contributed by atoms with E-state index in [-0.39, 0.29) is 17.1 Å². The standard InChI is InChI=1S/C18H23FN2O.C2HF3O2/c19-16-3-1-2-15(10-16)12-21-9-7-18(17(21)22)6-8-20(13-18)11-14-4-5-14;3-2(4,5)1(6)7/h1-3,10,14H,4-9,11-13H2;(H,6,7). The number of rotatable bonds is 4. The summed E-state index contributed by atoms with van der Waals surface area (Å²) >= 11 is 0. The molecule has 0 aromatic heterocycles. The van der Waals surface area contributed by atoms with Gasteiger partial charge in [-0.25, -0.2) is 9.18 Å². The third kappa shape index (κ3) is 5.46. The molecule has 1 saturated carbocycles. The molecule has 0 radical (unpaired) electrons. The number of carboxylic acid groups (broad SMARTS) is 1. The van der Waals surface area contributed by atoms with Gasteiger partial charge in [0.25, 0.3) is 0 Å². The molecule has 2 saturated heterocycles. The van der Waals surface area contributed by atoms with Gasteiger partial charge in [-0.1, -0.05) is 12.1 Å². The summed E-state index contributed by atoms with van der Waals surface area (Å²) in [5, 5.41) is 7.12. The molecule has 1 amide bonds. The number of carbonyl (C=O) groups excluding carboxylic acids is 1. The van der Waals surface area contributed by atoms with Gasteiger partial charge in [0.1, 0.15) is 5.82 Å². The number of alkyl halides is 3. The van der Waals surface area contributed by atoms with E-state index in [1.807, 2.05) is 11.0 Å². The fraction of sp³-hybridized carbons (Fsp3) is 0.600. The summed E-state index contributed by atoms with van der Waals surface area (Å²) < 4.78 is 45.0. The molecule has 0 bridgehead atoms. The van der Waals surface area contributed by atoms with E-state index in [0.29, 0.717) is 6.54 Å². The van der Waals surface area contributed by atoms with Crippen LogP contribution >= 0.6 is 0 Å². The largest absolute Gasteiger partial charge is 0.490 e. The van der Waals surface area contributed by atoms with Gasteiger partial charge in [-0.2, -0.15) is 13.2 Å². The van der Waals surface area contributed by atoms with E-state index >= 15 is 0 Å². The number of hydrogen-bond acceptors (Lipinski definition) is 3. The molecule has 1 aliphatic carbocycles. The zero-order chi connectivity index (χ0) is 21.2. The van der Waals surface area contributed by atoms with E-state index in [9.17, 15) is 22.4 Å². The van der Waals surface area contributed by atoms with Crippen LogP contribution in [-0.4, -0.2) is 59.1 Å². The van der Waals surface area contributed by atoms with Crippen LogP contribution in [0.3, 0.4) is 0 Å². The number of hydrogen-bond donors (Lipinski definition) is 1. The maximum absolute atomic E-state index is 13.3. The lowest BCUT2D eigenvalue weighted by Gasteiger charge is -2.24. The van der Waals surface area contributed by atoms with Gasteiger partial charge in [0.2, 0.25) is 5.91 Å². The highest BCUT2D eigenvalue weighted by atomic mass is 19.4. The van der Waals surface area contributed by atoms with Crippen LogP contribution < -0.4 is 0 Å². The Morgan fingerprint density at radius 3 is 2.45 bits per heavy atom. The molecular weight excluding hydrogens is 392 g/mol. The third-order valence-corrected chi connectivity index (χ3v) is 5.75. The fourth-order valence-corrected chi connectivity index (χ4v) is 4.06. The van der Waals surface area contributed by atoms with Crippen molar-refractivity contribution in [3.05, 3.63) is 35.6 Å². The summed E-state index contributed by atoms with van der Waals surface area (Å²) in [6, 6.07) is 6.60. The van der Waals surface area contributed by atoms with Gasteiger partial charge in [0.05, 0.1) is 5.41 Å². The number of likely N-dealkylation sites (tertiary alicyclic amines) is 2. The molecule has 160 valence electrons. The van der Waals surface area contributed by atoms with E-state index in [1.165, 1.54) is 31.5 Å². The van der Waals surface area contributed by atoms with Crippen molar-refractivity contribution in [1.82, 2.24) is 9.80 Å². The van der Waals surface area contributed by atoms with Crippen molar-refractivity contribution in [3.63, 3.8) is 0 Å². The number of carbonyl (C=O) groups is 2. The van der Waals surface area contributed by atoms with E-state index < -0.39 is 12.1 Å². The SMILES string of the molecule is O=C(O)C(F)(F)F.O=C1N(Cc2cccc(F)c2)CCC12CCN(CC1CC1)C2. The van der Waals surface area contributed by atoms with Crippen molar-refractivity contribution in [2.45, 2.75) is 38.4 Å². The van der Waals surface area contributed by atoms with Crippen LogP contribution in [0.15, 0.2) is 24.3 Å². The van der Waals surface area contributed by atoms with Crippen molar-refractivity contribution in [2.24, 2.45) is 11.3 Å². The van der Waals surface area contributed by atoms with Crippen LogP contribution in [0.4, 0.5) is 17.6 Å². The highest BCUT2D eigenvalue weighted by molar-refractivity contribution is 5.85. The lowest BCUT2D eigenvalue weighted by molar-refractivity contribution is -0.192. The summed E-state index contributed by atoms with van der Waals surface area (Å²) in [4.78, 5) is 26.2. The average molecular weight is 416 g/mol. The molecule has 9 heteroatoms. The smallest absolute Gasteiger partial charge is 0.475 e. The number of aliphatic carboxylic acids is 1. The lowest BCUT2D eigenvalue weighted by atomic mass is 9.85.